The van der Waals surface area contributed by atoms with Gasteiger partial charge in [0.15, 0.2) is 0 Å². The summed E-state index contributed by atoms with van der Waals surface area (Å²) in [5.41, 5.74) is 1.23. The normalized spacial score (nSPS) is 10.4. The number of hydrogen-bond donors (Lipinski definition) is 1. The second-order valence-electron chi connectivity index (χ2n) is 3.69. The molecule has 94 valence electrons. The molecule has 1 aromatic heterocycles. The first-order chi connectivity index (χ1) is 8.61. The van der Waals surface area contributed by atoms with Crippen LogP contribution in [0.4, 0.5) is 5.69 Å². The number of halogens is 2. The molecule has 3 nitrogen and oxygen atoms in total. The maximum Gasteiger partial charge on any atom is 0.259 e. The molecule has 0 saturated carbocycles. The fourth-order valence-electron chi connectivity index (χ4n) is 1.60. The molecule has 0 atom stereocenters. The Kier molecular flexibility index (Phi) is 4.09. The lowest BCUT2D eigenvalue weighted by Crippen LogP contribution is -2.13. The molecule has 2 rings (SSSR count). The van der Waals surface area contributed by atoms with Crippen molar-refractivity contribution < 1.29 is 9.21 Å². The quantitative estimate of drug-likeness (QED) is 0.900. The molecule has 0 bridgehead atoms. The van der Waals surface area contributed by atoms with Crippen LogP contribution in [0.5, 0.6) is 0 Å². The van der Waals surface area contributed by atoms with Gasteiger partial charge in [0, 0.05) is 15.9 Å². The summed E-state index contributed by atoms with van der Waals surface area (Å²) >= 11 is 9.19. The maximum absolute atomic E-state index is 12.1. The first kappa shape index (κ1) is 13.2. The monoisotopic (exact) mass is 327 g/mol. The lowest BCUT2D eigenvalue weighted by Gasteiger charge is -2.07. The van der Waals surface area contributed by atoms with Gasteiger partial charge < -0.3 is 9.73 Å². The highest BCUT2D eigenvalue weighted by Crippen LogP contribution is 2.26. The van der Waals surface area contributed by atoms with E-state index >= 15 is 0 Å². The van der Waals surface area contributed by atoms with Gasteiger partial charge in [0.1, 0.15) is 5.76 Å². The predicted molar refractivity (Wildman–Crippen MR) is 75.2 cm³/mol. The largest absolute Gasteiger partial charge is 0.469 e. The van der Waals surface area contributed by atoms with Crippen molar-refractivity contribution in [3.63, 3.8) is 0 Å². The standard InChI is InChI=1S/C13H11BrClNO2/c1-2-12-9(5-6-18-12)13(17)16-11-4-3-8(15)7-10(11)14/h3-7H,2H2,1H3,(H,16,17). The van der Waals surface area contributed by atoms with E-state index in [-0.39, 0.29) is 5.91 Å². The molecule has 0 aliphatic carbocycles. The van der Waals surface area contributed by atoms with Crippen molar-refractivity contribution in [2.45, 2.75) is 13.3 Å². The summed E-state index contributed by atoms with van der Waals surface area (Å²) in [5, 5.41) is 3.42. The van der Waals surface area contributed by atoms with Crippen LogP contribution in [-0.4, -0.2) is 5.91 Å². The Morgan fingerprint density at radius 1 is 1.44 bits per heavy atom. The van der Waals surface area contributed by atoms with Gasteiger partial charge in [-0.1, -0.05) is 18.5 Å². The fraction of sp³-hybridized carbons (Fsp3) is 0.154. The van der Waals surface area contributed by atoms with E-state index < -0.39 is 0 Å². The second kappa shape index (κ2) is 5.59. The molecule has 1 aromatic carbocycles. The van der Waals surface area contributed by atoms with E-state index in [0.29, 0.717) is 28.5 Å². The molecule has 1 amide bonds. The minimum atomic E-state index is -0.191. The second-order valence-corrected chi connectivity index (χ2v) is 4.98. The van der Waals surface area contributed by atoms with Crippen LogP contribution in [0.3, 0.4) is 0 Å². The van der Waals surface area contributed by atoms with E-state index in [2.05, 4.69) is 21.2 Å². The lowest BCUT2D eigenvalue weighted by atomic mass is 10.2. The van der Waals surface area contributed by atoms with Crippen LogP contribution in [-0.2, 0) is 6.42 Å². The zero-order valence-electron chi connectivity index (χ0n) is 9.67. The van der Waals surface area contributed by atoms with Gasteiger partial charge in [0.25, 0.3) is 5.91 Å². The van der Waals surface area contributed by atoms with E-state index in [9.17, 15) is 4.79 Å². The molecule has 18 heavy (non-hydrogen) atoms. The van der Waals surface area contributed by atoms with E-state index in [1.165, 1.54) is 6.26 Å². The first-order valence-corrected chi connectivity index (χ1v) is 6.61. The highest BCUT2D eigenvalue weighted by Gasteiger charge is 2.14. The summed E-state index contributed by atoms with van der Waals surface area (Å²) in [6.45, 7) is 1.94. The molecule has 0 saturated heterocycles. The summed E-state index contributed by atoms with van der Waals surface area (Å²) < 4.78 is 5.97. The Bertz CT molecular complexity index is 580. The van der Waals surface area contributed by atoms with Gasteiger partial charge in [0.2, 0.25) is 0 Å². The molecular formula is C13H11BrClNO2. The average Bonchev–Trinajstić information content (AvgIpc) is 2.81. The number of anilines is 1. The molecule has 5 heteroatoms. The van der Waals surface area contributed by atoms with E-state index in [4.69, 9.17) is 16.0 Å². The third kappa shape index (κ3) is 2.76. The SMILES string of the molecule is CCc1occc1C(=O)Nc1ccc(Cl)cc1Br. The number of aryl methyl sites for hydroxylation is 1. The van der Waals surface area contributed by atoms with Gasteiger partial charge >= 0.3 is 0 Å². The summed E-state index contributed by atoms with van der Waals surface area (Å²) in [6.07, 6.45) is 2.20. The fourth-order valence-corrected chi connectivity index (χ4v) is 2.38. The first-order valence-electron chi connectivity index (χ1n) is 5.44. The highest BCUT2D eigenvalue weighted by molar-refractivity contribution is 9.10. The Labute approximate surface area is 118 Å². The van der Waals surface area contributed by atoms with Gasteiger partial charge in [-0.25, -0.2) is 0 Å². The Balaban J connectivity index is 2.21. The maximum atomic E-state index is 12.1. The van der Waals surface area contributed by atoms with Gasteiger partial charge in [-0.15, -0.1) is 0 Å². The van der Waals surface area contributed by atoms with Gasteiger partial charge in [-0.3, -0.25) is 4.79 Å². The molecule has 2 aromatic rings. The lowest BCUT2D eigenvalue weighted by molar-refractivity contribution is 0.102. The number of carbonyl (C=O) groups excluding carboxylic acids is 1. The number of nitrogens with one attached hydrogen (secondary N) is 1. The van der Waals surface area contributed by atoms with Crippen molar-refractivity contribution in [3.8, 4) is 0 Å². The van der Waals surface area contributed by atoms with Crippen molar-refractivity contribution in [2.75, 3.05) is 5.32 Å². The molecule has 1 heterocycles. The Hall–Kier alpha value is -1.26. The predicted octanol–water partition coefficient (Wildman–Crippen LogP) is 4.51. The number of furan rings is 1. The number of amides is 1. The zero-order valence-corrected chi connectivity index (χ0v) is 12.0. The molecule has 1 N–H and O–H groups in total. The average molecular weight is 329 g/mol. The highest BCUT2D eigenvalue weighted by atomic mass is 79.9. The number of benzene rings is 1. The van der Waals surface area contributed by atoms with Crippen LogP contribution in [0, 0.1) is 0 Å². The van der Waals surface area contributed by atoms with E-state index in [0.717, 1.165) is 4.47 Å². The van der Waals surface area contributed by atoms with Crippen molar-refractivity contribution in [1.82, 2.24) is 0 Å². The number of carbonyl (C=O) groups is 1. The van der Waals surface area contributed by atoms with Crippen molar-refractivity contribution in [2.24, 2.45) is 0 Å². The van der Waals surface area contributed by atoms with Crippen molar-refractivity contribution in [1.29, 1.82) is 0 Å². The summed E-state index contributed by atoms with van der Waals surface area (Å²) in [4.78, 5) is 12.1. The third-order valence-electron chi connectivity index (χ3n) is 2.49. The Morgan fingerprint density at radius 2 is 2.22 bits per heavy atom. The van der Waals surface area contributed by atoms with Crippen molar-refractivity contribution >= 4 is 39.1 Å². The van der Waals surface area contributed by atoms with Crippen LogP contribution in [0.25, 0.3) is 0 Å². The molecule has 0 fully saturated rings. The van der Waals surface area contributed by atoms with Gasteiger partial charge in [-0.2, -0.15) is 0 Å². The zero-order chi connectivity index (χ0) is 13.1. The topological polar surface area (TPSA) is 42.2 Å². The Morgan fingerprint density at radius 3 is 2.89 bits per heavy atom. The van der Waals surface area contributed by atoms with Crippen LogP contribution in [0.15, 0.2) is 39.4 Å². The summed E-state index contributed by atoms with van der Waals surface area (Å²) in [6, 6.07) is 6.86. The molecule has 0 radical (unpaired) electrons. The molecular weight excluding hydrogens is 318 g/mol. The van der Waals surface area contributed by atoms with Crippen molar-refractivity contribution in [3.05, 3.63) is 51.3 Å². The smallest absolute Gasteiger partial charge is 0.259 e. The van der Waals surface area contributed by atoms with Crippen LogP contribution >= 0.6 is 27.5 Å². The summed E-state index contributed by atoms with van der Waals surface area (Å²) in [5.74, 6) is 0.487. The number of rotatable bonds is 3. The third-order valence-corrected chi connectivity index (χ3v) is 3.38. The van der Waals surface area contributed by atoms with Gasteiger partial charge in [0.05, 0.1) is 17.5 Å². The van der Waals surface area contributed by atoms with Gasteiger partial charge in [-0.05, 0) is 40.2 Å². The molecule has 0 aliphatic heterocycles. The molecule has 0 spiro atoms. The van der Waals surface area contributed by atoms with E-state index in [1.807, 2.05) is 6.92 Å². The summed E-state index contributed by atoms with van der Waals surface area (Å²) in [7, 11) is 0. The molecule has 0 unspecified atom stereocenters. The number of hydrogen-bond acceptors (Lipinski definition) is 2. The minimum Gasteiger partial charge on any atom is -0.469 e. The molecule has 0 aliphatic rings. The van der Waals surface area contributed by atoms with Crippen LogP contribution in [0.1, 0.15) is 23.0 Å². The minimum absolute atomic E-state index is 0.191. The van der Waals surface area contributed by atoms with E-state index in [1.54, 1.807) is 24.3 Å². The van der Waals surface area contributed by atoms with Crippen LogP contribution in [0.2, 0.25) is 5.02 Å². The van der Waals surface area contributed by atoms with Crippen LogP contribution < -0.4 is 5.32 Å².